The number of nitrogens with zero attached hydrogens (tertiary/aromatic N) is 2. The van der Waals surface area contributed by atoms with E-state index in [0.717, 1.165) is 31.0 Å². The van der Waals surface area contributed by atoms with E-state index >= 15 is 0 Å². The average Bonchev–Trinajstić information content (AvgIpc) is 2.51. The van der Waals surface area contributed by atoms with Crippen LogP contribution >= 0.6 is 0 Å². The van der Waals surface area contributed by atoms with Crippen LogP contribution in [0.3, 0.4) is 0 Å². The second-order valence-corrected chi connectivity index (χ2v) is 5.49. The summed E-state index contributed by atoms with van der Waals surface area (Å²) in [6.07, 6.45) is 2.83. The lowest BCUT2D eigenvalue weighted by molar-refractivity contribution is 0.329. The number of likely N-dealkylation sites (N-methyl/N-ethyl adjacent to an activating group) is 1. The molecule has 0 saturated heterocycles. The zero-order valence-electron chi connectivity index (χ0n) is 13.4. The van der Waals surface area contributed by atoms with Crippen molar-refractivity contribution in [2.24, 2.45) is 0 Å². The number of aromatic nitrogens is 1. The summed E-state index contributed by atoms with van der Waals surface area (Å²) in [5.41, 5.74) is 5.05. The Balaban J connectivity index is 1.96. The van der Waals surface area contributed by atoms with Crippen molar-refractivity contribution in [3.05, 3.63) is 58.9 Å². The first-order valence-corrected chi connectivity index (χ1v) is 7.33. The van der Waals surface area contributed by atoms with Crippen molar-refractivity contribution in [3.63, 3.8) is 0 Å². The third-order valence-corrected chi connectivity index (χ3v) is 3.99. The molecule has 3 heteroatoms. The highest BCUT2D eigenvalue weighted by Crippen LogP contribution is 2.24. The highest BCUT2D eigenvalue weighted by atomic mass is 16.5. The highest BCUT2D eigenvalue weighted by molar-refractivity contribution is 5.43. The number of hydrogen-bond acceptors (Lipinski definition) is 3. The molecule has 0 N–H and O–H groups in total. The first-order valence-electron chi connectivity index (χ1n) is 7.33. The van der Waals surface area contributed by atoms with E-state index in [1.54, 1.807) is 7.11 Å². The van der Waals surface area contributed by atoms with Gasteiger partial charge in [0, 0.05) is 31.4 Å². The van der Waals surface area contributed by atoms with Crippen LogP contribution < -0.4 is 4.74 Å². The Hall–Kier alpha value is -1.87. The fraction of sp³-hybridized carbons (Fsp3) is 0.389. The normalized spacial score (nSPS) is 10.9. The molecule has 112 valence electrons. The molecule has 1 aromatic heterocycles. The minimum absolute atomic E-state index is 0.948. The van der Waals surface area contributed by atoms with E-state index < -0.39 is 0 Å². The van der Waals surface area contributed by atoms with Crippen molar-refractivity contribution < 1.29 is 4.74 Å². The van der Waals surface area contributed by atoms with Crippen molar-refractivity contribution in [1.82, 2.24) is 9.88 Å². The molecule has 0 atom stereocenters. The summed E-state index contributed by atoms with van der Waals surface area (Å²) in [6.45, 7) is 6.23. The van der Waals surface area contributed by atoms with Gasteiger partial charge in [0.25, 0.3) is 0 Å². The molecule has 3 nitrogen and oxygen atoms in total. The second-order valence-electron chi connectivity index (χ2n) is 5.49. The predicted octanol–water partition coefficient (Wildman–Crippen LogP) is 3.38. The molecule has 0 fully saturated rings. The molecule has 0 bridgehead atoms. The van der Waals surface area contributed by atoms with Gasteiger partial charge in [-0.2, -0.15) is 0 Å². The summed E-state index contributed by atoms with van der Waals surface area (Å²) < 4.78 is 5.37. The summed E-state index contributed by atoms with van der Waals surface area (Å²) in [5.74, 6) is 0.965. The van der Waals surface area contributed by atoms with Crippen LogP contribution in [0.5, 0.6) is 5.75 Å². The van der Waals surface area contributed by atoms with Gasteiger partial charge in [0.1, 0.15) is 5.75 Å². The van der Waals surface area contributed by atoms with Crippen LogP contribution in [0.2, 0.25) is 0 Å². The van der Waals surface area contributed by atoms with Crippen molar-refractivity contribution in [1.29, 1.82) is 0 Å². The molecule has 0 aliphatic carbocycles. The lowest BCUT2D eigenvalue weighted by Gasteiger charge is -2.19. The minimum Gasteiger partial charge on any atom is -0.496 e. The molecule has 0 aliphatic rings. The molecular formula is C18H24N2O. The molecular weight excluding hydrogens is 260 g/mol. The van der Waals surface area contributed by atoms with Crippen LogP contribution in [0.4, 0.5) is 0 Å². The highest BCUT2D eigenvalue weighted by Gasteiger charge is 2.09. The van der Waals surface area contributed by atoms with E-state index in [0.29, 0.717) is 0 Å². The summed E-state index contributed by atoms with van der Waals surface area (Å²) in [6, 6.07) is 10.3. The van der Waals surface area contributed by atoms with Crippen molar-refractivity contribution >= 4 is 0 Å². The molecule has 0 saturated carbocycles. The van der Waals surface area contributed by atoms with Crippen molar-refractivity contribution in [2.45, 2.75) is 26.8 Å². The van der Waals surface area contributed by atoms with Crippen LogP contribution in [0.25, 0.3) is 0 Å². The summed E-state index contributed by atoms with van der Waals surface area (Å²) >= 11 is 0. The summed E-state index contributed by atoms with van der Waals surface area (Å²) in [7, 11) is 3.88. The average molecular weight is 284 g/mol. The Morgan fingerprint density at radius 3 is 2.57 bits per heavy atom. The van der Waals surface area contributed by atoms with Gasteiger partial charge in [-0.05, 0) is 55.8 Å². The summed E-state index contributed by atoms with van der Waals surface area (Å²) in [4.78, 5) is 6.71. The fourth-order valence-electron chi connectivity index (χ4n) is 2.47. The number of ether oxygens (including phenoxy) is 1. The number of pyridine rings is 1. The van der Waals surface area contributed by atoms with Crippen LogP contribution in [0, 0.1) is 13.8 Å². The molecule has 0 aliphatic heterocycles. The van der Waals surface area contributed by atoms with Crippen LogP contribution in [-0.4, -0.2) is 30.6 Å². The van der Waals surface area contributed by atoms with Gasteiger partial charge in [-0.15, -0.1) is 0 Å². The molecule has 0 spiro atoms. The molecule has 21 heavy (non-hydrogen) atoms. The zero-order valence-corrected chi connectivity index (χ0v) is 13.4. The summed E-state index contributed by atoms with van der Waals surface area (Å²) in [5, 5.41) is 0. The Morgan fingerprint density at radius 2 is 1.90 bits per heavy atom. The van der Waals surface area contributed by atoms with Gasteiger partial charge < -0.3 is 9.64 Å². The Bertz CT molecular complexity index is 581. The third-order valence-electron chi connectivity index (χ3n) is 3.99. The van der Waals surface area contributed by atoms with Crippen LogP contribution in [0.1, 0.15) is 22.4 Å². The monoisotopic (exact) mass is 284 g/mol. The van der Waals surface area contributed by atoms with Crippen molar-refractivity contribution in [3.8, 4) is 5.75 Å². The molecule has 0 radical (unpaired) electrons. The smallest absolute Gasteiger partial charge is 0.122 e. The molecule has 0 unspecified atom stereocenters. The van der Waals surface area contributed by atoms with E-state index in [1.165, 1.54) is 16.7 Å². The predicted molar refractivity (Wildman–Crippen MR) is 86.7 cm³/mol. The van der Waals surface area contributed by atoms with Crippen LogP contribution in [0.15, 0.2) is 36.5 Å². The van der Waals surface area contributed by atoms with E-state index in [-0.39, 0.29) is 0 Å². The Labute approximate surface area is 127 Å². The largest absolute Gasteiger partial charge is 0.496 e. The third kappa shape index (κ3) is 4.05. The molecule has 2 aromatic rings. The number of hydrogen-bond donors (Lipinski definition) is 0. The lowest BCUT2D eigenvalue weighted by Crippen LogP contribution is -2.21. The maximum absolute atomic E-state index is 5.37. The maximum Gasteiger partial charge on any atom is 0.122 e. The first-order chi connectivity index (χ1) is 10.1. The van der Waals surface area contributed by atoms with Gasteiger partial charge in [0.15, 0.2) is 0 Å². The maximum atomic E-state index is 5.37. The molecule has 0 amide bonds. The van der Waals surface area contributed by atoms with E-state index in [9.17, 15) is 0 Å². The van der Waals surface area contributed by atoms with Crippen molar-refractivity contribution in [2.75, 3.05) is 20.7 Å². The standard InChI is InChI=1S/C18H24N2O/c1-14-15(2)18(21-4)9-8-16(14)13-20(3)12-10-17-7-5-6-11-19-17/h5-9,11H,10,12-13H2,1-4H3. The Morgan fingerprint density at radius 1 is 1.10 bits per heavy atom. The van der Waals surface area contributed by atoms with E-state index in [4.69, 9.17) is 4.74 Å². The first kappa shape index (κ1) is 15.5. The second kappa shape index (κ2) is 7.23. The van der Waals surface area contributed by atoms with Gasteiger partial charge >= 0.3 is 0 Å². The van der Waals surface area contributed by atoms with E-state index in [2.05, 4.69) is 49.0 Å². The molecule has 2 rings (SSSR count). The topological polar surface area (TPSA) is 25.4 Å². The van der Waals surface area contributed by atoms with Gasteiger partial charge in [-0.3, -0.25) is 4.98 Å². The number of benzene rings is 1. The fourth-order valence-corrected chi connectivity index (χ4v) is 2.47. The van der Waals surface area contributed by atoms with Gasteiger partial charge in [-0.1, -0.05) is 12.1 Å². The van der Waals surface area contributed by atoms with Gasteiger partial charge in [-0.25, -0.2) is 0 Å². The van der Waals surface area contributed by atoms with Crippen LogP contribution in [-0.2, 0) is 13.0 Å². The number of methoxy groups -OCH3 is 1. The minimum atomic E-state index is 0.948. The number of rotatable bonds is 6. The van der Waals surface area contributed by atoms with Gasteiger partial charge in [0.05, 0.1) is 7.11 Å². The lowest BCUT2D eigenvalue weighted by atomic mass is 10.0. The quantitative estimate of drug-likeness (QED) is 0.813. The zero-order chi connectivity index (χ0) is 15.2. The molecule has 1 heterocycles. The van der Waals surface area contributed by atoms with E-state index in [1.807, 2.05) is 18.3 Å². The SMILES string of the molecule is COc1ccc(CN(C)CCc2ccccn2)c(C)c1C. The molecule has 1 aromatic carbocycles. The Kier molecular flexibility index (Phi) is 5.34. The van der Waals surface area contributed by atoms with Gasteiger partial charge in [0.2, 0.25) is 0 Å².